The SMILES string of the molecule is C=C(C)C(=O)[C@@H](C)CC(C)C.CC(C)C[C@H](C)C(=O)[C@@]1(C)CO1.CC(C)C[C@H](C)C(=O)[C@]1(C)CO1.CON(C)C(=O)[C@@H](C)CC(C)C. The summed E-state index contributed by atoms with van der Waals surface area (Å²) in [6, 6.07) is 0. The van der Waals surface area contributed by atoms with E-state index in [9.17, 15) is 19.2 Å². The molecule has 0 N–H and O–H groups in total. The minimum absolute atomic E-state index is 0.0474. The Bertz CT molecular complexity index is 934. The number of Topliss-reactive ketones (excluding diaryl/α,β-unsaturated/α-hetero) is 3. The molecule has 6 atom stereocenters. The number of ether oxygens (including phenoxy) is 2. The fraction of sp³-hybridized carbons (Fsp3) is 0.846. The van der Waals surface area contributed by atoms with Crippen LogP contribution < -0.4 is 0 Å². The standard InChI is InChI=1S/2C10H18O2.C10H18O.C9H19NO2/c2*1-7(2)5-8(3)9(11)10(4)6-12-10;1-7(2)6-9(5)10(11)8(3)4;1-7(2)6-8(3)9(11)10(4)12-5/h2*7-8H,5-6H2,1-4H3;7,9H,3,6H2,1-2,4-5H3;7-8H,6H2,1-5H3/t8-,10+;8-,10-;9-;8-/m0000/s1. The van der Waals surface area contributed by atoms with Crippen molar-refractivity contribution in [1.82, 2.24) is 5.06 Å². The van der Waals surface area contributed by atoms with E-state index >= 15 is 0 Å². The molecule has 0 aromatic carbocycles. The maximum Gasteiger partial charge on any atom is 0.248 e. The molecule has 47 heavy (non-hydrogen) atoms. The number of rotatable bonds is 16. The van der Waals surface area contributed by atoms with Gasteiger partial charge in [0.1, 0.15) is 11.2 Å². The van der Waals surface area contributed by atoms with Crippen LogP contribution in [0.4, 0.5) is 0 Å². The van der Waals surface area contributed by atoms with Crippen LogP contribution in [-0.4, -0.2) is 66.9 Å². The van der Waals surface area contributed by atoms with Gasteiger partial charge in [0.2, 0.25) is 5.91 Å². The van der Waals surface area contributed by atoms with Gasteiger partial charge in [-0.15, -0.1) is 0 Å². The lowest BCUT2D eigenvalue weighted by atomic mass is 9.89. The molecule has 2 aliphatic rings. The van der Waals surface area contributed by atoms with Gasteiger partial charge in [0.25, 0.3) is 0 Å². The summed E-state index contributed by atoms with van der Waals surface area (Å²) in [5.41, 5.74) is -0.166. The molecule has 0 saturated carbocycles. The predicted molar refractivity (Wildman–Crippen MR) is 193 cm³/mol. The highest BCUT2D eigenvalue weighted by atomic mass is 16.7. The van der Waals surface area contributed by atoms with Crippen LogP contribution in [0.2, 0.25) is 0 Å². The molecule has 0 aromatic heterocycles. The molecule has 1 amide bonds. The summed E-state index contributed by atoms with van der Waals surface area (Å²) in [5.74, 6) is 3.62. The topological polar surface area (TPSA) is 106 Å². The largest absolute Gasteiger partial charge is 0.362 e. The lowest BCUT2D eigenvalue weighted by Crippen LogP contribution is -2.31. The summed E-state index contributed by atoms with van der Waals surface area (Å²) in [4.78, 5) is 50.8. The van der Waals surface area contributed by atoms with Crippen molar-refractivity contribution in [3.05, 3.63) is 12.2 Å². The molecule has 0 aromatic rings. The second kappa shape index (κ2) is 21.9. The molecule has 2 heterocycles. The Hall–Kier alpha value is -1.90. The molecule has 0 aliphatic carbocycles. The van der Waals surface area contributed by atoms with E-state index in [1.54, 1.807) is 14.0 Å². The first-order chi connectivity index (χ1) is 21.3. The third kappa shape index (κ3) is 20.3. The zero-order valence-electron chi connectivity index (χ0n) is 33.4. The number of allylic oxidation sites excluding steroid dienone is 1. The van der Waals surface area contributed by atoms with E-state index in [1.165, 1.54) is 12.2 Å². The number of hydroxylamine groups is 2. The van der Waals surface area contributed by atoms with Crippen molar-refractivity contribution < 1.29 is 33.5 Å². The molecule has 2 saturated heterocycles. The Labute approximate surface area is 289 Å². The van der Waals surface area contributed by atoms with Crippen LogP contribution in [0.25, 0.3) is 0 Å². The molecule has 8 nitrogen and oxygen atoms in total. The lowest BCUT2D eigenvalue weighted by Gasteiger charge is -2.19. The van der Waals surface area contributed by atoms with Gasteiger partial charge in [-0.2, -0.15) is 0 Å². The molecule has 0 spiro atoms. The average molecular weight is 668 g/mol. The zero-order chi connectivity index (χ0) is 37.4. The van der Waals surface area contributed by atoms with Gasteiger partial charge in [-0.05, 0) is 75.7 Å². The number of amides is 1. The van der Waals surface area contributed by atoms with Gasteiger partial charge in [0, 0.05) is 30.7 Å². The van der Waals surface area contributed by atoms with Crippen LogP contribution >= 0.6 is 0 Å². The molecule has 2 aliphatic heterocycles. The summed E-state index contributed by atoms with van der Waals surface area (Å²) < 4.78 is 10.2. The Morgan fingerprint density at radius 1 is 0.638 bits per heavy atom. The highest BCUT2D eigenvalue weighted by molar-refractivity contribution is 5.95. The van der Waals surface area contributed by atoms with Gasteiger partial charge in [-0.1, -0.05) is 89.7 Å². The lowest BCUT2D eigenvalue weighted by molar-refractivity contribution is -0.173. The zero-order valence-corrected chi connectivity index (χ0v) is 33.4. The van der Waals surface area contributed by atoms with Crippen molar-refractivity contribution >= 4 is 23.3 Å². The Morgan fingerprint density at radius 2 is 0.915 bits per heavy atom. The van der Waals surface area contributed by atoms with Gasteiger partial charge in [0.15, 0.2) is 17.3 Å². The minimum Gasteiger partial charge on any atom is -0.362 e. The van der Waals surface area contributed by atoms with E-state index in [-0.39, 0.29) is 46.9 Å². The van der Waals surface area contributed by atoms with Gasteiger partial charge in [0.05, 0.1) is 20.3 Å². The van der Waals surface area contributed by atoms with E-state index in [4.69, 9.17) is 14.3 Å². The quantitative estimate of drug-likeness (QED) is 0.0922. The molecule has 276 valence electrons. The maximum absolute atomic E-state index is 11.6. The first-order valence-electron chi connectivity index (χ1n) is 17.7. The van der Waals surface area contributed by atoms with Gasteiger partial charge < -0.3 is 9.47 Å². The van der Waals surface area contributed by atoms with Gasteiger partial charge >= 0.3 is 0 Å². The molecule has 0 unspecified atom stereocenters. The number of ketones is 3. The van der Waals surface area contributed by atoms with Crippen molar-refractivity contribution in [2.75, 3.05) is 27.4 Å². The maximum atomic E-state index is 11.6. The smallest absolute Gasteiger partial charge is 0.248 e. The van der Waals surface area contributed by atoms with E-state index in [0.717, 1.165) is 25.7 Å². The molecular weight excluding hydrogens is 594 g/mol. The van der Waals surface area contributed by atoms with Gasteiger partial charge in [-0.25, -0.2) is 5.06 Å². The van der Waals surface area contributed by atoms with E-state index in [0.29, 0.717) is 42.5 Å². The number of hydrogen-bond acceptors (Lipinski definition) is 7. The molecule has 0 radical (unpaired) electrons. The molecule has 2 fully saturated rings. The summed E-state index contributed by atoms with van der Waals surface area (Å²) in [5, 5.41) is 1.28. The van der Waals surface area contributed by atoms with E-state index in [1.807, 2.05) is 41.5 Å². The molecule has 2 rings (SSSR count). The molecule has 8 heteroatoms. The number of epoxide rings is 2. The van der Waals surface area contributed by atoms with Crippen LogP contribution in [0.5, 0.6) is 0 Å². The van der Waals surface area contributed by atoms with Crippen molar-refractivity contribution in [3.63, 3.8) is 0 Å². The third-order valence-electron chi connectivity index (χ3n) is 8.27. The highest BCUT2D eigenvalue weighted by Crippen LogP contribution is 2.32. The van der Waals surface area contributed by atoms with E-state index < -0.39 is 11.2 Å². The highest BCUT2D eigenvalue weighted by Gasteiger charge is 2.49. The van der Waals surface area contributed by atoms with Crippen molar-refractivity contribution in [2.45, 2.75) is 141 Å². The number of carbonyl (C=O) groups excluding carboxylic acids is 4. The first kappa shape index (κ1) is 47.2. The summed E-state index contributed by atoms with van der Waals surface area (Å²) >= 11 is 0. The average Bonchev–Trinajstić information content (AvgIpc) is 3.88. The Kier molecular flexibility index (Phi) is 22.0. The van der Waals surface area contributed by atoms with Crippen LogP contribution in [0, 0.1) is 47.3 Å². The Balaban J connectivity index is 0. The van der Waals surface area contributed by atoms with Crippen molar-refractivity contribution in [3.8, 4) is 0 Å². The van der Waals surface area contributed by atoms with Crippen molar-refractivity contribution in [2.24, 2.45) is 47.3 Å². The predicted octanol–water partition coefficient (Wildman–Crippen LogP) is 8.56. The second-order valence-corrected chi connectivity index (χ2v) is 16.1. The van der Waals surface area contributed by atoms with Crippen LogP contribution in [-0.2, 0) is 33.5 Å². The summed E-state index contributed by atoms with van der Waals surface area (Å²) in [7, 11) is 3.14. The minimum atomic E-state index is -0.422. The van der Waals surface area contributed by atoms with Gasteiger partial charge in [-0.3, -0.25) is 24.0 Å². The van der Waals surface area contributed by atoms with Crippen LogP contribution in [0.15, 0.2) is 12.2 Å². The third-order valence-corrected chi connectivity index (χ3v) is 8.27. The Morgan fingerprint density at radius 3 is 1.15 bits per heavy atom. The number of nitrogens with zero attached hydrogens (tertiary/aromatic N) is 1. The fourth-order valence-electron chi connectivity index (χ4n) is 5.61. The monoisotopic (exact) mass is 668 g/mol. The molecular formula is C39H73NO7. The molecule has 0 bridgehead atoms. The second-order valence-electron chi connectivity index (χ2n) is 16.1. The van der Waals surface area contributed by atoms with Crippen LogP contribution in [0.1, 0.15) is 130 Å². The van der Waals surface area contributed by atoms with Crippen LogP contribution in [0.3, 0.4) is 0 Å². The first-order valence-corrected chi connectivity index (χ1v) is 17.7. The summed E-state index contributed by atoms with van der Waals surface area (Å²) in [6.45, 7) is 35.3. The fourth-order valence-corrected chi connectivity index (χ4v) is 5.61. The van der Waals surface area contributed by atoms with Crippen molar-refractivity contribution in [1.29, 1.82) is 0 Å². The number of hydrogen-bond donors (Lipinski definition) is 0. The summed E-state index contributed by atoms with van der Waals surface area (Å²) in [6.07, 6.45) is 3.81. The normalized spacial score (nSPS) is 22.0. The number of carbonyl (C=O) groups is 4. The van der Waals surface area contributed by atoms with E-state index in [2.05, 4.69) is 62.0 Å².